The van der Waals surface area contributed by atoms with E-state index in [9.17, 15) is 0 Å². The minimum Gasteiger partial charge on any atom is -0.481 e. The van der Waals surface area contributed by atoms with E-state index >= 15 is 0 Å². The molecule has 0 aliphatic carbocycles. The lowest BCUT2D eigenvalue weighted by atomic mass is 10.2. The van der Waals surface area contributed by atoms with Crippen LogP contribution in [0.5, 0.6) is 5.88 Å². The Morgan fingerprint density at radius 1 is 1.32 bits per heavy atom. The van der Waals surface area contributed by atoms with Gasteiger partial charge >= 0.3 is 0 Å². The lowest BCUT2D eigenvalue weighted by Gasteiger charge is -2.12. The van der Waals surface area contributed by atoms with Crippen molar-refractivity contribution in [2.75, 3.05) is 7.11 Å². The van der Waals surface area contributed by atoms with Crippen LogP contribution in [-0.2, 0) is 13.0 Å². The number of ether oxygens (including phenoxy) is 1. The van der Waals surface area contributed by atoms with Gasteiger partial charge in [0.1, 0.15) is 0 Å². The zero-order valence-corrected chi connectivity index (χ0v) is 12.5. The second kappa shape index (κ2) is 6.68. The van der Waals surface area contributed by atoms with Gasteiger partial charge in [-0.15, -0.1) is 11.3 Å². The van der Waals surface area contributed by atoms with Crippen molar-refractivity contribution >= 4 is 11.3 Å². The molecule has 0 spiro atoms. The van der Waals surface area contributed by atoms with Crippen molar-refractivity contribution in [2.45, 2.75) is 32.9 Å². The number of aromatic nitrogens is 1. The summed E-state index contributed by atoms with van der Waals surface area (Å²) in [5, 5.41) is 3.52. The van der Waals surface area contributed by atoms with E-state index in [1.54, 1.807) is 7.11 Å². The van der Waals surface area contributed by atoms with Gasteiger partial charge in [-0.05, 0) is 38.0 Å². The van der Waals surface area contributed by atoms with Crippen LogP contribution in [0.4, 0.5) is 0 Å². The van der Waals surface area contributed by atoms with Gasteiger partial charge in [0.05, 0.1) is 7.11 Å². The van der Waals surface area contributed by atoms with Crippen molar-refractivity contribution in [3.8, 4) is 5.88 Å². The highest BCUT2D eigenvalue weighted by molar-refractivity contribution is 7.11. The summed E-state index contributed by atoms with van der Waals surface area (Å²) in [4.78, 5) is 7.01. The Morgan fingerprint density at radius 2 is 2.16 bits per heavy atom. The molecule has 19 heavy (non-hydrogen) atoms. The quantitative estimate of drug-likeness (QED) is 0.880. The number of methoxy groups -OCH3 is 1. The Hall–Kier alpha value is -1.39. The molecule has 0 saturated heterocycles. The number of aryl methyl sites for hydroxylation is 1. The topological polar surface area (TPSA) is 34.1 Å². The van der Waals surface area contributed by atoms with Crippen LogP contribution in [-0.4, -0.2) is 18.1 Å². The summed E-state index contributed by atoms with van der Waals surface area (Å²) >= 11 is 1.87. The molecular weight excluding hydrogens is 256 g/mol. The molecule has 0 saturated carbocycles. The van der Waals surface area contributed by atoms with Gasteiger partial charge in [-0.3, -0.25) is 0 Å². The molecule has 2 aromatic heterocycles. The van der Waals surface area contributed by atoms with Gasteiger partial charge in [-0.1, -0.05) is 6.07 Å². The normalized spacial score (nSPS) is 12.4. The number of thiophene rings is 1. The largest absolute Gasteiger partial charge is 0.481 e. The summed E-state index contributed by atoms with van der Waals surface area (Å²) in [5.74, 6) is 0.658. The smallest absolute Gasteiger partial charge is 0.212 e. The highest BCUT2D eigenvalue weighted by Crippen LogP contribution is 2.16. The Bertz CT molecular complexity index is 507. The first-order valence-electron chi connectivity index (χ1n) is 6.45. The maximum Gasteiger partial charge on any atom is 0.212 e. The number of rotatable bonds is 6. The van der Waals surface area contributed by atoms with Crippen molar-refractivity contribution in [3.05, 3.63) is 45.8 Å². The molecule has 0 bridgehead atoms. The number of hydrogen-bond donors (Lipinski definition) is 1. The second-order valence-electron chi connectivity index (χ2n) is 4.71. The van der Waals surface area contributed by atoms with Crippen LogP contribution in [0.1, 0.15) is 22.2 Å². The Labute approximate surface area is 118 Å². The lowest BCUT2D eigenvalue weighted by Crippen LogP contribution is -2.27. The van der Waals surface area contributed by atoms with E-state index in [0.717, 1.165) is 13.0 Å². The molecular formula is C15H20N2OS. The number of nitrogens with zero attached hydrogens (tertiary/aromatic N) is 1. The second-order valence-corrected chi connectivity index (χ2v) is 6.08. The third-order valence-electron chi connectivity index (χ3n) is 2.96. The van der Waals surface area contributed by atoms with E-state index in [0.29, 0.717) is 11.9 Å². The number of hydrogen-bond acceptors (Lipinski definition) is 4. The zero-order chi connectivity index (χ0) is 13.7. The fourth-order valence-corrected chi connectivity index (χ4v) is 2.92. The van der Waals surface area contributed by atoms with E-state index in [2.05, 4.69) is 36.3 Å². The summed E-state index contributed by atoms with van der Waals surface area (Å²) in [6.07, 6.45) is 2.93. The van der Waals surface area contributed by atoms with E-state index in [4.69, 9.17) is 4.74 Å². The molecule has 1 N–H and O–H groups in total. The van der Waals surface area contributed by atoms with Crippen molar-refractivity contribution in [3.63, 3.8) is 0 Å². The van der Waals surface area contributed by atoms with Gasteiger partial charge in [0.25, 0.3) is 0 Å². The molecule has 1 atom stereocenters. The Balaban J connectivity index is 1.80. The maximum atomic E-state index is 5.05. The molecule has 0 aliphatic heterocycles. The van der Waals surface area contributed by atoms with Crippen molar-refractivity contribution in [1.29, 1.82) is 0 Å². The predicted octanol–water partition coefficient (Wildman–Crippen LogP) is 3.18. The highest BCUT2D eigenvalue weighted by atomic mass is 32.1. The van der Waals surface area contributed by atoms with Crippen LogP contribution < -0.4 is 10.1 Å². The van der Waals surface area contributed by atoms with E-state index < -0.39 is 0 Å². The average molecular weight is 276 g/mol. The minimum absolute atomic E-state index is 0.458. The molecule has 102 valence electrons. The summed E-state index contributed by atoms with van der Waals surface area (Å²) in [5.41, 5.74) is 1.18. The lowest BCUT2D eigenvalue weighted by molar-refractivity contribution is 0.397. The molecule has 3 nitrogen and oxygen atoms in total. The van der Waals surface area contributed by atoms with Gasteiger partial charge in [0.2, 0.25) is 5.88 Å². The van der Waals surface area contributed by atoms with Crippen LogP contribution in [0, 0.1) is 6.92 Å². The Kier molecular flexibility index (Phi) is 4.93. The van der Waals surface area contributed by atoms with Crippen molar-refractivity contribution in [2.24, 2.45) is 0 Å². The molecule has 1 unspecified atom stereocenters. The minimum atomic E-state index is 0.458. The molecule has 0 aliphatic rings. The van der Waals surface area contributed by atoms with Crippen LogP contribution >= 0.6 is 11.3 Å². The fraction of sp³-hybridized carbons (Fsp3) is 0.400. The summed E-state index contributed by atoms with van der Waals surface area (Å²) in [7, 11) is 1.63. The van der Waals surface area contributed by atoms with Gasteiger partial charge in [-0.25, -0.2) is 4.98 Å². The van der Waals surface area contributed by atoms with Crippen LogP contribution in [0.25, 0.3) is 0 Å². The first-order valence-corrected chi connectivity index (χ1v) is 7.26. The zero-order valence-electron chi connectivity index (χ0n) is 11.6. The van der Waals surface area contributed by atoms with Gasteiger partial charge in [-0.2, -0.15) is 0 Å². The number of pyridine rings is 1. The molecule has 0 amide bonds. The standard InChI is InChI=1S/C15H20N2OS/c1-11(8-14-6-4-12(2)19-14)16-9-13-5-7-15(18-3)17-10-13/h4-7,10-11,16H,8-9H2,1-3H3. The van der Waals surface area contributed by atoms with Gasteiger partial charge in [0, 0.05) is 34.6 Å². The van der Waals surface area contributed by atoms with E-state index in [1.807, 2.05) is 29.7 Å². The molecule has 2 aromatic rings. The average Bonchev–Trinajstić information content (AvgIpc) is 2.82. The first kappa shape index (κ1) is 14.0. The molecule has 4 heteroatoms. The first-order chi connectivity index (χ1) is 9.17. The maximum absolute atomic E-state index is 5.05. The SMILES string of the molecule is COc1ccc(CNC(C)Cc2ccc(C)s2)cn1. The van der Waals surface area contributed by atoms with Crippen molar-refractivity contribution < 1.29 is 4.74 Å². The van der Waals surface area contributed by atoms with Crippen molar-refractivity contribution in [1.82, 2.24) is 10.3 Å². The predicted molar refractivity (Wildman–Crippen MR) is 79.9 cm³/mol. The van der Waals surface area contributed by atoms with Crippen LogP contribution in [0.3, 0.4) is 0 Å². The van der Waals surface area contributed by atoms with Gasteiger partial charge in [0.15, 0.2) is 0 Å². The Morgan fingerprint density at radius 3 is 2.74 bits per heavy atom. The number of nitrogens with one attached hydrogen (secondary N) is 1. The summed E-state index contributed by atoms with van der Waals surface area (Å²) in [6, 6.07) is 8.79. The third-order valence-corrected chi connectivity index (χ3v) is 3.99. The van der Waals surface area contributed by atoms with Crippen LogP contribution in [0.2, 0.25) is 0 Å². The fourth-order valence-electron chi connectivity index (χ4n) is 1.90. The molecule has 0 aromatic carbocycles. The molecule has 2 rings (SSSR count). The van der Waals surface area contributed by atoms with E-state index in [-0.39, 0.29) is 0 Å². The summed E-state index contributed by atoms with van der Waals surface area (Å²) < 4.78 is 5.05. The molecule has 0 radical (unpaired) electrons. The summed E-state index contributed by atoms with van der Waals surface area (Å²) in [6.45, 7) is 5.20. The highest BCUT2D eigenvalue weighted by Gasteiger charge is 2.05. The van der Waals surface area contributed by atoms with Gasteiger partial charge < -0.3 is 10.1 Å². The third kappa shape index (κ3) is 4.33. The van der Waals surface area contributed by atoms with E-state index in [1.165, 1.54) is 15.3 Å². The monoisotopic (exact) mass is 276 g/mol. The van der Waals surface area contributed by atoms with Crippen LogP contribution in [0.15, 0.2) is 30.5 Å². The molecule has 0 fully saturated rings. The molecule has 2 heterocycles.